The van der Waals surface area contributed by atoms with Gasteiger partial charge in [-0.3, -0.25) is 9.78 Å². The number of pyridine rings is 1. The molecule has 0 unspecified atom stereocenters. The third-order valence-corrected chi connectivity index (χ3v) is 4.94. The van der Waals surface area contributed by atoms with Crippen molar-refractivity contribution in [2.75, 3.05) is 19.5 Å². The molecule has 0 aliphatic rings. The third kappa shape index (κ3) is 6.04. The fourth-order valence-corrected chi connectivity index (χ4v) is 3.15. The summed E-state index contributed by atoms with van der Waals surface area (Å²) in [4.78, 5) is 23.9. The number of carbonyl (C=O) groups excluding carboxylic acids is 1. The minimum Gasteiger partial charge on any atom is -0.497 e. The number of nitrogens with two attached hydrogens (primary N) is 1. The Morgan fingerprint density at radius 1 is 1.05 bits per heavy atom. The number of benzene rings is 1. The van der Waals surface area contributed by atoms with Crippen molar-refractivity contribution in [1.29, 1.82) is 0 Å². The smallest absolute Gasteiger partial charge is 0.435 e. The predicted octanol–water partition coefficient (Wildman–Crippen LogP) is 3.51. The zero-order valence-electron chi connectivity index (χ0n) is 19.5. The molecule has 1 amide bonds. The zero-order chi connectivity index (χ0) is 26.6. The van der Waals surface area contributed by atoms with Crippen LogP contribution in [0, 0.1) is 0 Å². The van der Waals surface area contributed by atoms with Gasteiger partial charge in [-0.15, -0.1) is 0 Å². The van der Waals surface area contributed by atoms with E-state index in [1.54, 1.807) is 18.2 Å². The molecular weight excluding hydrogens is 495 g/mol. The second kappa shape index (κ2) is 10.4. The van der Waals surface area contributed by atoms with Gasteiger partial charge in [0.05, 0.1) is 31.5 Å². The van der Waals surface area contributed by atoms with E-state index in [-0.39, 0.29) is 29.7 Å². The summed E-state index contributed by atoms with van der Waals surface area (Å²) < 4.78 is 56.7. The van der Waals surface area contributed by atoms with Gasteiger partial charge in [-0.1, -0.05) is 0 Å². The molecule has 0 radical (unpaired) electrons. The number of primary amides is 1. The van der Waals surface area contributed by atoms with Crippen LogP contribution in [0.2, 0.25) is 0 Å². The molecule has 4 rings (SSSR count). The fourth-order valence-electron chi connectivity index (χ4n) is 3.15. The number of methoxy groups -OCH3 is 2. The van der Waals surface area contributed by atoms with Gasteiger partial charge in [0.15, 0.2) is 11.5 Å². The molecule has 3 N–H and O–H groups in total. The number of alkyl halides is 3. The van der Waals surface area contributed by atoms with Crippen LogP contribution in [-0.2, 0) is 12.8 Å². The van der Waals surface area contributed by atoms with Gasteiger partial charge >= 0.3 is 6.18 Å². The number of anilines is 2. The first-order chi connectivity index (χ1) is 17.7. The van der Waals surface area contributed by atoms with E-state index in [4.69, 9.17) is 19.9 Å². The number of hydrogen-bond donors (Lipinski definition) is 2. The molecular formula is C23H20F3N7O4. The van der Waals surface area contributed by atoms with Crippen LogP contribution < -0.4 is 25.3 Å². The molecule has 0 bridgehead atoms. The zero-order valence-corrected chi connectivity index (χ0v) is 19.5. The minimum absolute atomic E-state index is 0.0295. The Labute approximate surface area is 208 Å². The molecule has 1 aromatic carbocycles. The summed E-state index contributed by atoms with van der Waals surface area (Å²) in [5.41, 5.74) is 5.11. The normalized spacial score (nSPS) is 11.2. The average Bonchev–Trinajstić information content (AvgIpc) is 3.39. The molecule has 0 aliphatic carbocycles. The van der Waals surface area contributed by atoms with E-state index in [0.717, 1.165) is 16.9 Å². The topological polar surface area (TPSA) is 139 Å². The molecule has 0 saturated heterocycles. The second-order valence-corrected chi connectivity index (χ2v) is 7.47. The summed E-state index contributed by atoms with van der Waals surface area (Å²) in [5, 5.41) is 6.59. The highest BCUT2D eigenvalue weighted by Gasteiger charge is 2.34. The summed E-state index contributed by atoms with van der Waals surface area (Å²) >= 11 is 0. The van der Waals surface area contributed by atoms with Crippen molar-refractivity contribution in [3.05, 3.63) is 71.9 Å². The number of rotatable bonds is 9. The third-order valence-electron chi connectivity index (χ3n) is 4.94. The molecule has 11 nitrogen and oxygen atoms in total. The molecule has 3 aromatic heterocycles. The predicted molar refractivity (Wildman–Crippen MR) is 124 cm³/mol. The monoisotopic (exact) mass is 515 g/mol. The van der Waals surface area contributed by atoms with Crippen molar-refractivity contribution in [1.82, 2.24) is 24.7 Å². The van der Waals surface area contributed by atoms with Gasteiger partial charge in [-0.2, -0.15) is 23.3 Å². The van der Waals surface area contributed by atoms with E-state index in [9.17, 15) is 18.0 Å². The van der Waals surface area contributed by atoms with Gasteiger partial charge in [0.25, 0.3) is 0 Å². The van der Waals surface area contributed by atoms with Crippen LogP contribution >= 0.6 is 0 Å². The van der Waals surface area contributed by atoms with E-state index in [1.165, 1.54) is 38.9 Å². The van der Waals surface area contributed by atoms with Gasteiger partial charge in [0, 0.05) is 42.5 Å². The molecule has 4 aromatic rings. The first-order valence-corrected chi connectivity index (χ1v) is 10.5. The summed E-state index contributed by atoms with van der Waals surface area (Å²) in [5.74, 6) is 0.617. The Kier molecular flexibility index (Phi) is 7.08. The van der Waals surface area contributed by atoms with Crippen LogP contribution in [0.15, 0.2) is 55.1 Å². The molecule has 0 aliphatic heterocycles. The molecule has 14 heteroatoms. The maximum absolute atomic E-state index is 13.2. The number of nitrogens with zero attached hydrogens (tertiary/aromatic N) is 5. The summed E-state index contributed by atoms with van der Waals surface area (Å²) in [6.45, 7) is -0.173. The number of aromatic nitrogens is 5. The lowest BCUT2D eigenvalue weighted by Gasteiger charge is -2.13. The lowest BCUT2D eigenvalue weighted by molar-refractivity contribution is -0.141. The lowest BCUT2D eigenvalue weighted by atomic mass is 10.2. The van der Waals surface area contributed by atoms with Gasteiger partial charge in [-0.05, 0) is 12.1 Å². The largest absolute Gasteiger partial charge is 0.497 e. The molecule has 37 heavy (non-hydrogen) atoms. The van der Waals surface area contributed by atoms with Gasteiger partial charge in [-0.25, -0.2) is 9.67 Å². The first-order valence-electron chi connectivity index (χ1n) is 10.5. The maximum atomic E-state index is 13.2. The first kappa shape index (κ1) is 25.2. The molecule has 0 spiro atoms. The van der Waals surface area contributed by atoms with E-state index in [2.05, 4.69) is 25.4 Å². The Morgan fingerprint density at radius 2 is 1.78 bits per heavy atom. The highest BCUT2D eigenvalue weighted by Crippen LogP contribution is 2.30. The van der Waals surface area contributed by atoms with Crippen LogP contribution in [-0.4, -0.2) is 44.9 Å². The summed E-state index contributed by atoms with van der Waals surface area (Å²) in [6, 6.07) is 7.21. The molecule has 0 fully saturated rings. The minimum atomic E-state index is -4.64. The highest BCUT2D eigenvalue weighted by atomic mass is 19.4. The molecule has 0 atom stereocenters. The van der Waals surface area contributed by atoms with Crippen molar-refractivity contribution < 1.29 is 32.2 Å². The Morgan fingerprint density at radius 3 is 2.41 bits per heavy atom. The van der Waals surface area contributed by atoms with Crippen LogP contribution in [0.25, 0.3) is 5.82 Å². The number of carbonyl (C=O) groups is 1. The van der Waals surface area contributed by atoms with Gasteiger partial charge in [0.2, 0.25) is 11.9 Å². The van der Waals surface area contributed by atoms with Crippen LogP contribution in [0.3, 0.4) is 0 Å². The van der Waals surface area contributed by atoms with Crippen LogP contribution in [0.4, 0.5) is 24.8 Å². The van der Waals surface area contributed by atoms with Gasteiger partial charge < -0.3 is 25.3 Å². The van der Waals surface area contributed by atoms with Crippen LogP contribution in [0.1, 0.15) is 21.6 Å². The summed E-state index contributed by atoms with van der Waals surface area (Å²) in [6.07, 6.45) is 0.494. The fraction of sp³-hybridized carbons (Fsp3) is 0.174. The van der Waals surface area contributed by atoms with Crippen molar-refractivity contribution in [2.45, 2.75) is 12.8 Å². The number of amides is 1. The quantitative estimate of drug-likeness (QED) is 0.343. The van der Waals surface area contributed by atoms with E-state index in [0.29, 0.717) is 22.7 Å². The second-order valence-electron chi connectivity index (χ2n) is 7.47. The Balaban J connectivity index is 1.68. The van der Waals surface area contributed by atoms with E-state index < -0.39 is 17.8 Å². The Bertz CT molecular complexity index is 1400. The van der Waals surface area contributed by atoms with Crippen molar-refractivity contribution in [3.8, 4) is 23.1 Å². The Hall–Kier alpha value is -4.88. The van der Waals surface area contributed by atoms with E-state index in [1.807, 2.05) is 0 Å². The van der Waals surface area contributed by atoms with Crippen LogP contribution in [0.5, 0.6) is 17.2 Å². The lowest BCUT2D eigenvalue weighted by Crippen LogP contribution is -2.13. The molecule has 0 saturated carbocycles. The van der Waals surface area contributed by atoms with Crippen molar-refractivity contribution in [3.63, 3.8) is 0 Å². The molecule has 3 heterocycles. The number of nitrogens with one attached hydrogen (secondary N) is 1. The van der Waals surface area contributed by atoms with Gasteiger partial charge in [0.1, 0.15) is 23.9 Å². The standard InChI is InChI=1S/C23H20F3N7O4/c1-35-16-6-15(7-17(8-16)36-2)30-22-29-10-14(12-37-18-5-13(20(27)34)9-28-11-18)21(31-22)33-4-3-19(32-33)23(24,25)26/h3-11H,12H2,1-2H3,(H2,27,34)(H,29,30,31). The maximum Gasteiger partial charge on any atom is 0.435 e. The highest BCUT2D eigenvalue weighted by molar-refractivity contribution is 5.92. The number of halogens is 3. The number of hydrogen-bond acceptors (Lipinski definition) is 9. The average molecular weight is 515 g/mol. The number of ether oxygens (including phenoxy) is 3. The summed E-state index contributed by atoms with van der Waals surface area (Å²) in [7, 11) is 2.99. The SMILES string of the molecule is COc1cc(Nc2ncc(COc3cncc(C(N)=O)c3)c(-n3ccc(C(F)(F)F)n3)n2)cc(OC)c1. The van der Waals surface area contributed by atoms with E-state index >= 15 is 0 Å². The van der Waals surface area contributed by atoms with Crippen molar-refractivity contribution in [2.24, 2.45) is 5.73 Å². The van der Waals surface area contributed by atoms with Crippen molar-refractivity contribution >= 4 is 17.5 Å². The molecule has 192 valence electrons.